The van der Waals surface area contributed by atoms with E-state index in [4.69, 9.17) is 0 Å². The Kier molecular flexibility index (Phi) is 5.67. The van der Waals surface area contributed by atoms with Crippen LogP contribution in [0.1, 0.15) is 30.4 Å². The first-order valence-electron chi connectivity index (χ1n) is 9.20. The number of hydrogen-bond acceptors (Lipinski definition) is 3. The fraction of sp³-hybridized carbons (Fsp3) is 0.632. The lowest BCUT2D eigenvalue weighted by Crippen LogP contribution is -2.54. The molecule has 0 unspecified atom stereocenters. The largest absolute Gasteiger partial charge is 0.338 e. The zero-order chi connectivity index (χ0) is 17.9. The molecule has 138 valence electrons. The summed E-state index contributed by atoms with van der Waals surface area (Å²) in [5, 5.41) is 2.98. The monoisotopic (exact) mass is 364 g/mol. The Morgan fingerprint density at radius 3 is 2.40 bits per heavy atom. The summed E-state index contributed by atoms with van der Waals surface area (Å²) in [4.78, 5) is 14.0. The molecule has 0 saturated carbocycles. The predicted molar refractivity (Wildman–Crippen MR) is 99.3 cm³/mol. The van der Waals surface area contributed by atoms with Crippen LogP contribution in [0, 0.1) is 18.8 Å². The van der Waals surface area contributed by atoms with Crippen LogP contribution in [0.3, 0.4) is 0 Å². The van der Waals surface area contributed by atoms with E-state index in [1.165, 1.54) is 11.1 Å². The summed E-state index contributed by atoms with van der Waals surface area (Å²) in [5.74, 6) is 1.59. The molecule has 0 aliphatic carbocycles. The van der Waals surface area contributed by atoms with Gasteiger partial charge >= 0.3 is 6.03 Å². The number of sulfone groups is 1. The van der Waals surface area contributed by atoms with Gasteiger partial charge < -0.3 is 10.2 Å². The second-order valence-electron chi connectivity index (χ2n) is 7.58. The van der Waals surface area contributed by atoms with Gasteiger partial charge in [-0.2, -0.15) is 0 Å². The van der Waals surface area contributed by atoms with Gasteiger partial charge in [0.15, 0.2) is 0 Å². The predicted octanol–water partition coefficient (Wildman–Crippen LogP) is 2.39. The summed E-state index contributed by atoms with van der Waals surface area (Å²) in [7, 11) is -2.80. The van der Waals surface area contributed by atoms with Crippen molar-refractivity contribution in [2.75, 3.05) is 31.1 Å². The Bertz CT molecular complexity index is 680. The minimum atomic E-state index is -2.80. The van der Waals surface area contributed by atoms with Gasteiger partial charge in [-0.15, -0.1) is 0 Å². The Hall–Kier alpha value is -1.56. The topological polar surface area (TPSA) is 66.5 Å². The lowest BCUT2D eigenvalue weighted by atomic mass is 9.92. The van der Waals surface area contributed by atoms with Gasteiger partial charge in [-0.25, -0.2) is 13.2 Å². The molecule has 2 amide bonds. The highest BCUT2D eigenvalue weighted by Gasteiger charge is 2.30. The quantitative estimate of drug-likeness (QED) is 0.872. The van der Waals surface area contributed by atoms with Gasteiger partial charge in [0, 0.05) is 19.6 Å². The van der Waals surface area contributed by atoms with Crippen LogP contribution in [-0.4, -0.2) is 50.5 Å². The molecule has 25 heavy (non-hydrogen) atoms. The molecule has 0 atom stereocenters. The number of benzene rings is 1. The molecule has 0 aromatic heterocycles. The van der Waals surface area contributed by atoms with Crippen molar-refractivity contribution in [3.63, 3.8) is 0 Å². The average Bonchev–Trinajstić information content (AvgIpc) is 2.53. The van der Waals surface area contributed by atoms with E-state index in [0.29, 0.717) is 29.9 Å². The first-order valence-corrected chi connectivity index (χ1v) is 11.0. The maximum absolute atomic E-state index is 12.1. The van der Waals surface area contributed by atoms with Crippen LogP contribution in [0.5, 0.6) is 0 Å². The zero-order valence-corrected chi connectivity index (χ0v) is 15.7. The highest BCUT2D eigenvalue weighted by molar-refractivity contribution is 7.91. The minimum Gasteiger partial charge on any atom is -0.338 e. The normalized spacial score (nSPS) is 20.9. The minimum absolute atomic E-state index is 0.0172. The molecule has 0 bridgehead atoms. The maximum atomic E-state index is 12.1. The van der Waals surface area contributed by atoms with Crippen molar-refractivity contribution >= 4 is 15.9 Å². The highest BCUT2D eigenvalue weighted by atomic mass is 32.2. The van der Waals surface area contributed by atoms with E-state index < -0.39 is 9.84 Å². The van der Waals surface area contributed by atoms with E-state index in [1.807, 2.05) is 4.90 Å². The summed E-state index contributed by atoms with van der Waals surface area (Å²) in [6, 6.07) is 8.62. The number of hydrogen-bond donors (Lipinski definition) is 1. The van der Waals surface area contributed by atoms with Crippen molar-refractivity contribution < 1.29 is 13.2 Å². The van der Waals surface area contributed by atoms with E-state index in [0.717, 1.165) is 38.8 Å². The fourth-order valence-corrected chi connectivity index (χ4v) is 5.23. The van der Waals surface area contributed by atoms with Crippen LogP contribution in [0.25, 0.3) is 0 Å². The molecule has 1 aromatic rings. The molecule has 1 aromatic carbocycles. The number of nitrogens with one attached hydrogen (secondary N) is 1. The fourth-order valence-electron chi connectivity index (χ4n) is 3.64. The molecular formula is C19H28N2O3S. The van der Waals surface area contributed by atoms with E-state index in [9.17, 15) is 13.2 Å². The summed E-state index contributed by atoms with van der Waals surface area (Å²) < 4.78 is 22.8. The van der Waals surface area contributed by atoms with Crippen LogP contribution < -0.4 is 5.32 Å². The lowest BCUT2D eigenvalue weighted by molar-refractivity contribution is 0.120. The smallest absolute Gasteiger partial charge is 0.317 e. The van der Waals surface area contributed by atoms with Crippen molar-refractivity contribution in [2.24, 2.45) is 11.8 Å². The Balaban J connectivity index is 1.31. The molecule has 3 rings (SSSR count). The van der Waals surface area contributed by atoms with Crippen LogP contribution in [0.2, 0.25) is 0 Å². The number of rotatable bonds is 5. The van der Waals surface area contributed by atoms with Gasteiger partial charge in [-0.1, -0.05) is 29.8 Å². The second kappa shape index (κ2) is 7.77. The lowest BCUT2D eigenvalue weighted by Gasteiger charge is -2.39. The molecular weight excluding hydrogens is 336 g/mol. The first-order chi connectivity index (χ1) is 11.9. The highest BCUT2D eigenvalue weighted by Crippen LogP contribution is 2.22. The van der Waals surface area contributed by atoms with Gasteiger partial charge in [0.2, 0.25) is 0 Å². The van der Waals surface area contributed by atoms with E-state index in [1.54, 1.807) is 0 Å². The van der Waals surface area contributed by atoms with E-state index >= 15 is 0 Å². The van der Waals surface area contributed by atoms with Gasteiger partial charge in [-0.05, 0) is 50.0 Å². The van der Waals surface area contributed by atoms with Crippen LogP contribution >= 0.6 is 0 Å². The van der Waals surface area contributed by atoms with Crippen LogP contribution in [-0.2, 0) is 16.3 Å². The molecule has 0 spiro atoms. The Morgan fingerprint density at radius 2 is 1.76 bits per heavy atom. The number of carbonyl (C=O) groups is 1. The summed E-state index contributed by atoms with van der Waals surface area (Å²) in [5.41, 5.74) is 2.61. The van der Waals surface area contributed by atoms with Crippen molar-refractivity contribution in [2.45, 2.75) is 32.6 Å². The summed E-state index contributed by atoms with van der Waals surface area (Å²) in [6.07, 6.45) is 3.38. The second-order valence-corrected chi connectivity index (χ2v) is 9.88. The summed E-state index contributed by atoms with van der Waals surface area (Å²) >= 11 is 0. The first kappa shape index (κ1) is 18.2. The number of likely N-dealkylation sites (tertiary alicyclic amines) is 1. The Labute approximate surface area is 150 Å². The third-order valence-corrected chi connectivity index (χ3v) is 7.11. The number of amides is 2. The third-order valence-electron chi connectivity index (χ3n) is 5.39. The third kappa shape index (κ3) is 5.21. The number of carbonyl (C=O) groups excluding carboxylic acids is 1. The SMILES string of the molecule is Cc1ccc(CC2CN(C(=O)NCCC3CCS(=O)(=O)CC3)C2)cc1. The van der Waals surface area contributed by atoms with Crippen molar-refractivity contribution in [1.29, 1.82) is 0 Å². The Morgan fingerprint density at radius 1 is 1.12 bits per heavy atom. The van der Waals surface area contributed by atoms with Gasteiger partial charge in [0.05, 0.1) is 11.5 Å². The molecule has 2 aliphatic heterocycles. The van der Waals surface area contributed by atoms with E-state index in [-0.39, 0.29) is 6.03 Å². The molecule has 0 radical (unpaired) electrons. The zero-order valence-electron chi connectivity index (χ0n) is 14.9. The molecule has 2 aliphatic rings. The van der Waals surface area contributed by atoms with Crippen molar-refractivity contribution in [3.8, 4) is 0 Å². The molecule has 2 heterocycles. The summed E-state index contributed by atoms with van der Waals surface area (Å²) in [6.45, 7) is 4.37. The van der Waals surface area contributed by atoms with Gasteiger partial charge in [0.1, 0.15) is 9.84 Å². The van der Waals surface area contributed by atoms with Crippen LogP contribution in [0.15, 0.2) is 24.3 Å². The van der Waals surface area contributed by atoms with Crippen LogP contribution in [0.4, 0.5) is 4.79 Å². The van der Waals surface area contributed by atoms with Gasteiger partial charge in [0.25, 0.3) is 0 Å². The number of nitrogens with zero attached hydrogens (tertiary/aromatic N) is 1. The van der Waals surface area contributed by atoms with Crippen molar-refractivity contribution in [3.05, 3.63) is 35.4 Å². The molecule has 1 N–H and O–H groups in total. The average molecular weight is 365 g/mol. The van der Waals surface area contributed by atoms with E-state index in [2.05, 4.69) is 36.5 Å². The number of urea groups is 1. The van der Waals surface area contributed by atoms with Crippen molar-refractivity contribution in [1.82, 2.24) is 10.2 Å². The molecule has 6 heteroatoms. The van der Waals surface area contributed by atoms with Gasteiger partial charge in [-0.3, -0.25) is 0 Å². The molecule has 2 fully saturated rings. The number of aryl methyl sites for hydroxylation is 1. The maximum Gasteiger partial charge on any atom is 0.317 e. The molecule has 5 nitrogen and oxygen atoms in total. The standard InChI is InChI=1S/C19H28N2O3S/c1-15-2-4-17(5-3-15)12-18-13-21(14-18)19(22)20-9-6-16-7-10-25(23,24)11-8-16/h2-5,16,18H,6-14H2,1H3,(H,20,22). The molecule has 2 saturated heterocycles.